The summed E-state index contributed by atoms with van der Waals surface area (Å²) in [7, 11) is 2.26. The largest absolute Gasteiger partial charge is 0.330 e. The molecule has 1 aliphatic carbocycles. The fourth-order valence-corrected chi connectivity index (χ4v) is 3.01. The van der Waals surface area contributed by atoms with Crippen LogP contribution in [-0.4, -0.2) is 31.6 Å². The third-order valence-electron chi connectivity index (χ3n) is 4.02. The van der Waals surface area contributed by atoms with Crippen molar-refractivity contribution >= 4 is 0 Å². The van der Waals surface area contributed by atoms with E-state index in [1.807, 2.05) is 0 Å². The second kappa shape index (κ2) is 4.63. The van der Waals surface area contributed by atoms with Crippen molar-refractivity contribution in [3.63, 3.8) is 0 Å². The molecule has 2 rings (SSSR count). The summed E-state index contributed by atoms with van der Waals surface area (Å²) in [6, 6.07) is 0. The number of hydrogen-bond donors (Lipinski definition) is 1. The zero-order valence-corrected chi connectivity index (χ0v) is 9.41. The molecule has 1 aliphatic heterocycles. The fraction of sp³-hybridized carbons (Fsp3) is 1.00. The number of nitrogens with zero attached hydrogens (tertiary/aromatic N) is 1. The van der Waals surface area contributed by atoms with Crippen LogP contribution in [0.1, 0.15) is 32.1 Å². The Morgan fingerprint density at radius 3 is 2.64 bits per heavy atom. The van der Waals surface area contributed by atoms with Crippen LogP contribution in [0.25, 0.3) is 0 Å². The lowest BCUT2D eigenvalue weighted by atomic mass is 9.85. The van der Waals surface area contributed by atoms with Crippen molar-refractivity contribution in [2.75, 3.05) is 26.7 Å². The van der Waals surface area contributed by atoms with Gasteiger partial charge in [-0.05, 0) is 63.6 Å². The molecule has 0 amide bonds. The summed E-state index contributed by atoms with van der Waals surface area (Å²) in [5.41, 5.74) is 5.92. The molecule has 0 radical (unpaired) electrons. The molecule has 2 fully saturated rings. The van der Waals surface area contributed by atoms with Crippen molar-refractivity contribution in [2.45, 2.75) is 32.1 Å². The first-order valence-corrected chi connectivity index (χ1v) is 6.20. The summed E-state index contributed by atoms with van der Waals surface area (Å²) >= 11 is 0. The van der Waals surface area contributed by atoms with Gasteiger partial charge in [-0.1, -0.05) is 6.42 Å². The van der Waals surface area contributed by atoms with Gasteiger partial charge in [0, 0.05) is 6.54 Å². The summed E-state index contributed by atoms with van der Waals surface area (Å²) in [6.07, 6.45) is 7.11. The smallest absolute Gasteiger partial charge is 0.000983 e. The van der Waals surface area contributed by atoms with E-state index in [2.05, 4.69) is 11.9 Å². The van der Waals surface area contributed by atoms with Crippen LogP contribution in [0.15, 0.2) is 0 Å². The molecular weight excluding hydrogens is 172 g/mol. The van der Waals surface area contributed by atoms with Gasteiger partial charge in [-0.3, -0.25) is 0 Å². The molecule has 2 nitrogen and oxygen atoms in total. The number of rotatable bonds is 3. The molecule has 82 valence electrons. The van der Waals surface area contributed by atoms with Gasteiger partial charge in [0.2, 0.25) is 0 Å². The molecule has 14 heavy (non-hydrogen) atoms. The van der Waals surface area contributed by atoms with E-state index in [-0.39, 0.29) is 0 Å². The Morgan fingerprint density at radius 1 is 1.21 bits per heavy atom. The van der Waals surface area contributed by atoms with Crippen LogP contribution in [0.2, 0.25) is 0 Å². The van der Waals surface area contributed by atoms with Gasteiger partial charge in [-0.25, -0.2) is 0 Å². The highest BCUT2D eigenvalue weighted by atomic mass is 15.1. The maximum absolute atomic E-state index is 5.92. The highest BCUT2D eigenvalue weighted by Crippen LogP contribution is 2.42. The highest BCUT2D eigenvalue weighted by Gasteiger charge is 2.36. The van der Waals surface area contributed by atoms with E-state index in [1.54, 1.807) is 0 Å². The summed E-state index contributed by atoms with van der Waals surface area (Å²) in [4.78, 5) is 2.50. The van der Waals surface area contributed by atoms with Gasteiger partial charge in [-0.2, -0.15) is 0 Å². The molecule has 1 saturated heterocycles. The zero-order chi connectivity index (χ0) is 9.97. The zero-order valence-electron chi connectivity index (χ0n) is 9.41. The molecule has 0 aromatic rings. The minimum atomic E-state index is 0.829. The quantitative estimate of drug-likeness (QED) is 0.744. The molecule has 0 aromatic carbocycles. The predicted molar refractivity (Wildman–Crippen MR) is 60.1 cm³/mol. The van der Waals surface area contributed by atoms with Crippen molar-refractivity contribution in [1.29, 1.82) is 0 Å². The first-order valence-electron chi connectivity index (χ1n) is 6.20. The van der Waals surface area contributed by atoms with Gasteiger partial charge in [0.25, 0.3) is 0 Å². The lowest BCUT2D eigenvalue weighted by molar-refractivity contribution is 0.220. The lowest BCUT2D eigenvalue weighted by Gasteiger charge is -2.27. The standard InChI is InChI=1S/C12H24N2/c1-14-7-3-2-4-11(9-14)12(8-13)10-5-6-10/h10-12H,2-9,13H2,1H3. The highest BCUT2D eigenvalue weighted by molar-refractivity contribution is 4.88. The van der Waals surface area contributed by atoms with Crippen LogP contribution < -0.4 is 5.73 Å². The number of nitrogens with two attached hydrogens (primary N) is 1. The maximum Gasteiger partial charge on any atom is 0.000983 e. The van der Waals surface area contributed by atoms with Crippen LogP contribution in [-0.2, 0) is 0 Å². The third kappa shape index (κ3) is 2.48. The van der Waals surface area contributed by atoms with E-state index in [0.29, 0.717) is 0 Å². The minimum absolute atomic E-state index is 0.829. The summed E-state index contributed by atoms with van der Waals surface area (Å²) < 4.78 is 0. The lowest BCUT2D eigenvalue weighted by Crippen LogP contribution is -2.33. The number of likely N-dealkylation sites (tertiary alicyclic amines) is 1. The van der Waals surface area contributed by atoms with E-state index < -0.39 is 0 Å². The Morgan fingerprint density at radius 2 is 2.00 bits per heavy atom. The predicted octanol–water partition coefficient (Wildman–Crippen LogP) is 1.70. The summed E-state index contributed by atoms with van der Waals surface area (Å²) in [5.74, 6) is 2.70. The van der Waals surface area contributed by atoms with Gasteiger partial charge in [0.1, 0.15) is 0 Å². The SMILES string of the molecule is CN1CCCCC(C(CN)C2CC2)C1. The Labute approximate surface area is 87.8 Å². The second-order valence-electron chi connectivity index (χ2n) is 5.26. The van der Waals surface area contributed by atoms with Crippen molar-refractivity contribution in [3.8, 4) is 0 Å². The molecule has 1 heterocycles. The van der Waals surface area contributed by atoms with E-state index in [1.165, 1.54) is 45.2 Å². The maximum atomic E-state index is 5.92. The monoisotopic (exact) mass is 196 g/mol. The van der Waals surface area contributed by atoms with Gasteiger partial charge in [0.15, 0.2) is 0 Å². The number of hydrogen-bond acceptors (Lipinski definition) is 2. The Hall–Kier alpha value is -0.0800. The van der Waals surface area contributed by atoms with Gasteiger partial charge >= 0.3 is 0 Å². The Balaban J connectivity index is 1.91. The molecule has 2 unspecified atom stereocenters. The van der Waals surface area contributed by atoms with E-state index >= 15 is 0 Å². The van der Waals surface area contributed by atoms with Crippen molar-refractivity contribution in [1.82, 2.24) is 4.90 Å². The van der Waals surface area contributed by atoms with Crippen LogP contribution in [0.3, 0.4) is 0 Å². The molecule has 2 atom stereocenters. The van der Waals surface area contributed by atoms with Crippen molar-refractivity contribution in [3.05, 3.63) is 0 Å². The molecule has 2 aliphatic rings. The summed E-state index contributed by atoms with van der Waals surface area (Å²) in [6.45, 7) is 3.50. The fourth-order valence-electron chi connectivity index (χ4n) is 3.01. The minimum Gasteiger partial charge on any atom is -0.330 e. The van der Waals surface area contributed by atoms with Crippen LogP contribution >= 0.6 is 0 Å². The van der Waals surface area contributed by atoms with Crippen molar-refractivity contribution < 1.29 is 0 Å². The average molecular weight is 196 g/mol. The molecule has 0 bridgehead atoms. The van der Waals surface area contributed by atoms with Crippen molar-refractivity contribution in [2.24, 2.45) is 23.5 Å². The van der Waals surface area contributed by atoms with Crippen LogP contribution in [0.5, 0.6) is 0 Å². The molecular formula is C12H24N2. The van der Waals surface area contributed by atoms with E-state index in [4.69, 9.17) is 5.73 Å². The van der Waals surface area contributed by atoms with Gasteiger partial charge in [0.05, 0.1) is 0 Å². The van der Waals surface area contributed by atoms with Gasteiger partial charge < -0.3 is 10.6 Å². The van der Waals surface area contributed by atoms with E-state index in [0.717, 1.165) is 24.3 Å². The molecule has 0 aromatic heterocycles. The average Bonchev–Trinajstić information content (AvgIpc) is 2.96. The van der Waals surface area contributed by atoms with Crippen LogP contribution in [0.4, 0.5) is 0 Å². The third-order valence-corrected chi connectivity index (χ3v) is 4.02. The topological polar surface area (TPSA) is 29.3 Å². The molecule has 1 saturated carbocycles. The van der Waals surface area contributed by atoms with Crippen LogP contribution in [0, 0.1) is 17.8 Å². The summed E-state index contributed by atoms with van der Waals surface area (Å²) in [5, 5.41) is 0. The molecule has 2 N–H and O–H groups in total. The Bertz CT molecular complexity index is 177. The van der Waals surface area contributed by atoms with Gasteiger partial charge in [-0.15, -0.1) is 0 Å². The first kappa shape index (κ1) is 10.4. The molecule has 2 heteroatoms. The second-order valence-corrected chi connectivity index (χ2v) is 5.26. The normalized spacial score (nSPS) is 32.6. The van der Waals surface area contributed by atoms with E-state index in [9.17, 15) is 0 Å². The molecule has 0 spiro atoms. The first-order chi connectivity index (χ1) is 6.81. The Kier molecular flexibility index (Phi) is 3.45.